The Morgan fingerprint density at radius 3 is 3.00 bits per heavy atom. The molecule has 1 amide bonds. The summed E-state index contributed by atoms with van der Waals surface area (Å²) in [6, 6.07) is 5.83. The molecule has 1 aromatic heterocycles. The summed E-state index contributed by atoms with van der Waals surface area (Å²) in [6.07, 6.45) is 2.33. The number of benzene rings is 1. The van der Waals surface area contributed by atoms with E-state index in [1.54, 1.807) is 12.1 Å². The second kappa shape index (κ2) is 5.85. The van der Waals surface area contributed by atoms with Gasteiger partial charge in [0, 0.05) is 18.7 Å². The van der Waals surface area contributed by atoms with Crippen molar-refractivity contribution in [1.29, 1.82) is 0 Å². The summed E-state index contributed by atoms with van der Waals surface area (Å²) in [5, 5.41) is 11.7. The number of hydrogen-bond acceptors (Lipinski definition) is 4. The number of amides is 1. The molecule has 0 saturated heterocycles. The van der Waals surface area contributed by atoms with Crippen LogP contribution >= 0.6 is 11.8 Å². The summed E-state index contributed by atoms with van der Waals surface area (Å²) in [7, 11) is 1.92. The van der Waals surface area contributed by atoms with E-state index >= 15 is 0 Å². The van der Waals surface area contributed by atoms with Crippen molar-refractivity contribution in [2.45, 2.75) is 23.9 Å². The first-order valence-electron chi connectivity index (χ1n) is 6.71. The predicted octanol–water partition coefficient (Wildman–Crippen LogP) is 2.56. The van der Waals surface area contributed by atoms with Gasteiger partial charge in [-0.2, -0.15) is 0 Å². The molecule has 1 aromatic carbocycles. The van der Waals surface area contributed by atoms with Crippen LogP contribution in [0.5, 0.6) is 0 Å². The predicted molar refractivity (Wildman–Crippen MR) is 78.7 cm³/mol. The fourth-order valence-corrected chi connectivity index (χ4v) is 2.76. The molecule has 1 aliphatic rings. The third kappa shape index (κ3) is 3.41. The molecule has 5 nitrogen and oxygen atoms in total. The zero-order valence-corrected chi connectivity index (χ0v) is 12.4. The van der Waals surface area contributed by atoms with Gasteiger partial charge < -0.3 is 9.88 Å². The first-order chi connectivity index (χ1) is 10.1. The van der Waals surface area contributed by atoms with Gasteiger partial charge in [0.2, 0.25) is 5.91 Å². The van der Waals surface area contributed by atoms with Crippen molar-refractivity contribution in [2.75, 3.05) is 11.1 Å². The van der Waals surface area contributed by atoms with Gasteiger partial charge in [0.15, 0.2) is 5.16 Å². The normalized spacial score (nSPS) is 14.2. The standard InChI is InChI=1S/C14H15FN4OS/c1-19-13(9-5-6-9)17-18-14(19)21-8-12(20)16-11-4-2-3-10(15)7-11/h2-4,7,9H,5-6,8H2,1H3,(H,16,20). The van der Waals surface area contributed by atoms with E-state index in [1.807, 2.05) is 11.6 Å². The van der Waals surface area contributed by atoms with Crippen molar-refractivity contribution in [1.82, 2.24) is 14.8 Å². The molecule has 2 aromatic rings. The number of thioether (sulfide) groups is 1. The highest BCUT2D eigenvalue weighted by Crippen LogP contribution is 2.39. The molecule has 0 unspecified atom stereocenters. The smallest absolute Gasteiger partial charge is 0.234 e. The van der Waals surface area contributed by atoms with Gasteiger partial charge in [-0.15, -0.1) is 10.2 Å². The molecule has 3 rings (SSSR count). The first-order valence-corrected chi connectivity index (χ1v) is 7.69. The molecule has 0 spiro atoms. The van der Waals surface area contributed by atoms with E-state index in [4.69, 9.17) is 0 Å². The van der Waals surface area contributed by atoms with Crippen molar-refractivity contribution in [3.05, 3.63) is 35.9 Å². The van der Waals surface area contributed by atoms with Crippen molar-refractivity contribution in [2.24, 2.45) is 7.05 Å². The Kier molecular flexibility index (Phi) is 3.92. The number of carbonyl (C=O) groups excluding carboxylic acids is 1. The fraction of sp³-hybridized carbons (Fsp3) is 0.357. The number of nitrogens with one attached hydrogen (secondary N) is 1. The molecule has 1 saturated carbocycles. The van der Waals surface area contributed by atoms with E-state index < -0.39 is 0 Å². The van der Waals surface area contributed by atoms with Gasteiger partial charge >= 0.3 is 0 Å². The Morgan fingerprint density at radius 1 is 1.48 bits per heavy atom. The van der Waals surface area contributed by atoms with Crippen LogP contribution in [0.15, 0.2) is 29.4 Å². The molecule has 110 valence electrons. The molecule has 0 atom stereocenters. The number of rotatable bonds is 5. The Morgan fingerprint density at radius 2 is 2.29 bits per heavy atom. The molecule has 0 bridgehead atoms. The summed E-state index contributed by atoms with van der Waals surface area (Å²) in [6.45, 7) is 0. The van der Waals surface area contributed by atoms with Gasteiger partial charge in [0.1, 0.15) is 11.6 Å². The summed E-state index contributed by atoms with van der Waals surface area (Å²) in [5.41, 5.74) is 0.456. The second-order valence-corrected chi connectivity index (χ2v) is 5.96. The number of aromatic nitrogens is 3. The summed E-state index contributed by atoms with van der Waals surface area (Å²) in [4.78, 5) is 11.8. The first kappa shape index (κ1) is 14.1. The van der Waals surface area contributed by atoms with Crippen molar-refractivity contribution in [3.63, 3.8) is 0 Å². The maximum Gasteiger partial charge on any atom is 0.234 e. The highest BCUT2D eigenvalue weighted by atomic mass is 32.2. The largest absolute Gasteiger partial charge is 0.325 e. The van der Waals surface area contributed by atoms with Crippen molar-refractivity contribution in [3.8, 4) is 0 Å². The minimum atomic E-state index is -0.372. The summed E-state index contributed by atoms with van der Waals surface area (Å²) >= 11 is 1.33. The van der Waals surface area contributed by atoms with Gasteiger partial charge in [-0.1, -0.05) is 17.8 Å². The van der Waals surface area contributed by atoms with Crippen molar-refractivity contribution < 1.29 is 9.18 Å². The van der Waals surface area contributed by atoms with E-state index in [9.17, 15) is 9.18 Å². The van der Waals surface area contributed by atoms with E-state index in [2.05, 4.69) is 15.5 Å². The van der Waals surface area contributed by atoms with E-state index in [0.29, 0.717) is 11.6 Å². The molecule has 0 radical (unpaired) electrons. The Hall–Kier alpha value is -1.89. The SMILES string of the molecule is Cn1c(SCC(=O)Nc2cccc(F)c2)nnc1C1CC1. The van der Waals surface area contributed by atoms with Gasteiger partial charge in [-0.05, 0) is 31.0 Å². The third-order valence-corrected chi connectivity index (χ3v) is 4.27. The second-order valence-electron chi connectivity index (χ2n) is 5.02. The topological polar surface area (TPSA) is 59.8 Å². The highest BCUT2D eigenvalue weighted by Gasteiger charge is 2.29. The number of hydrogen-bond donors (Lipinski definition) is 1. The van der Waals surface area contributed by atoms with Crippen LogP contribution in [-0.4, -0.2) is 26.4 Å². The summed E-state index contributed by atoms with van der Waals surface area (Å²) in [5.74, 6) is 1.16. The van der Waals surface area contributed by atoms with E-state index in [-0.39, 0.29) is 17.5 Å². The lowest BCUT2D eigenvalue weighted by molar-refractivity contribution is -0.113. The van der Waals surface area contributed by atoms with Gasteiger partial charge in [-0.3, -0.25) is 4.79 Å². The zero-order chi connectivity index (χ0) is 14.8. The molecule has 1 fully saturated rings. The molecule has 21 heavy (non-hydrogen) atoms. The molecule has 1 N–H and O–H groups in total. The highest BCUT2D eigenvalue weighted by molar-refractivity contribution is 7.99. The average Bonchev–Trinajstić information content (AvgIpc) is 3.21. The minimum Gasteiger partial charge on any atom is -0.325 e. The van der Waals surface area contributed by atoms with E-state index in [0.717, 1.165) is 23.8 Å². The van der Waals surface area contributed by atoms with Crippen LogP contribution in [0.1, 0.15) is 24.6 Å². The van der Waals surface area contributed by atoms with Crippen LogP contribution in [0.25, 0.3) is 0 Å². The number of nitrogens with zero attached hydrogens (tertiary/aromatic N) is 3. The quantitative estimate of drug-likeness (QED) is 0.863. The van der Waals surface area contributed by atoms with Crippen LogP contribution in [0, 0.1) is 5.82 Å². The lowest BCUT2D eigenvalue weighted by atomic mass is 10.3. The maximum absolute atomic E-state index is 13.0. The zero-order valence-electron chi connectivity index (χ0n) is 11.5. The van der Waals surface area contributed by atoms with Crippen LogP contribution in [0.4, 0.5) is 10.1 Å². The molecular formula is C14H15FN4OS. The molecule has 1 heterocycles. The maximum atomic E-state index is 13.0. The fourth-order valence-electron chi connectivity index (χ4n) is 2.04. The molecule has 1 aliphatic carbocycles. The van der Waals surface area contributed by atoms with Gasteiger partial charge in [-0.25, -0.2) is 4.39 Å². The molecular weight excluding hydrogens is 291 g/mol. The van der Waals surface area contributed by atoms with Gasteiger partial charge in [0.25, 0.3) is 0 Å². The lowest BCUT2D eigenvalue weighted by Gasteiger charge is -2.05. The van der Waals surface area contributed by atoms with Crippen LogP contribution in [0.2, 0.25) is 0 Å². The number of carbonyl (C=O) groups is 1. The van der Waals surface area contributed by atoms with Crippen molar-refractivity contribution >= 4 is 23.4 Å². The Bertz CT molecular complexity index is 669. The van der Waals surface area contributed by atoms with Crippen LogP contribution < -0.4 is 5.32 Å². The molecule has 0 aliphatic heterocycles. The van der Waals surface area contributed by atoms with Gasteiger partial charge in [0.05, 0.1) is 5.75 Å². The Labute approximate surface area is 125 Å². The van der Waals surface area contributed by atoms with Crippen LogP contribution in [0.3, 0.4) is 0 Å². The molecule has 7 heteroatoms. The third-order valence-electron chi connectivity index (χ3n) is 3.25. The number of anilines is 1. The summed E-state index contributed by atoms with van der Waals surface area (Å²) < 4.78 is 15.0. The number of halogens is 1. The lowest BCUT2D eigenvalue weighted by Crippen LogP contribution is -2.14. The van der Waals surface area contributed by atoms with Crippen LogP contribution in [-0.2, 0) is 11.8 Å². The average molecular weight is 306 g/mol. The Balaban J connectivity index is 1.56. The minimum absolute atomic E-state index is 0.193. The monoisotopic (exact) mass is 306 g/mol. The van der Waals surface area contributed by atoms with E-state index in [1.165, 1.54) is 23.9 Å².